The summed E-state index contributed by atoms with van der Waals surface area (Å²) in [6.45, 7) is 4.16. The molecule has 0 unspecified atom stereocenters. The number of nitro groups is 1. The SMILES string of the molecule is CC(=O)O[C@H](CI)[C@H]1OC(C)(C)O[C@@H]1[C@@H](CN=[N+]=[N-])NS(=O)(=O)c1ccc([N+](=O)[O-])cc1. The average molecular weight is 583 g/mol. The van der Waals surface area contributed by atoms with Crippen molar-refractivity contribution in [1.29, 1.82) is 0 Å². The molecule has 0 aromatic heterocycles. The molecule has 0 radical (unpaired) electrons. The number of esters is 1. The Labute approximate surface area is 197 Å². The van der Waals surface area contributed by atoms with Crippen LogP contribution in [-0.2, 0) is 29.0 Å². The third-order valence-corrected chi connectivity index (χ3v) is 6.78. The molecule has 4 atom stereocenters. The molecule has 1 aromatic carbocycles. The number of nitro benzene ring substituents is 1. The van der Waals surface area contributed by atoms with Gasteiger partial charge in [-0.15, -0.1) is 0 Å². The van der Waals surface area contributed by atoms with E-state index in [-0.39, 0.29) is 17.1 Å². The second-order valence-corrected chi connectivity index (χ2v) is 9.85. The van der Waals surface area contributed by atoms with Crippen LogP contribution >= 0.6 is 22.6 Å². The molecule has 13 nitrogen and oxygen atoms in total. The zero-order chi connectivity index (χ0) is 24.1. The molecule has 1 aliphatic rings. The van der Waals surface area contributed by atoms with Crippen molar-refractivity contribution in [3.8, 4) is 0 Å². The van der Waals surface area contributed by atoms with Crippen LogP contribution < -0.4 is 4.72 Å². The number of halogens is 1. The van der Waals surface area contributed by atoms with Gasteiger partial charge in [-0.1, -0.05) is 27.7 Å². The molecule has 1 fully saturated rings. The van der Waals surface area contributed by atoms with E-state index < -0.39 is 51.1 Å². The number of benzene rings is 1. The van der Waals surface area contributed by atoms with Crippen LogP contribution in [0.15, 0.2) is 34.3 Å². The van der Waals surface area contributed by atoms with Gasteiger partial charge in [0.2, 0.25) is 10.0 Å². The molecule has 15 heteroatoms. The van der Waals surface area contributed by atoms with Crippen LogP contribution in [0.2, 0.25) is 0 Å². The predicted molar refractivity (Wildman–Crippen MR) is 119 cm³/mol. The topological polar surface area (TPSA) is 183 Å². The van der Waals surface area contributed by atoms with E-state index in [0.717, 1.165) is 24.3 Å². The number of rotatable bonds is 10. The number of non-ortho nitro benzene ring substituents is 1. The highest BCUT2D eigenvalue weighted by Crippen LogP contribution is 2.34. The van der Waals surface area contributed by atoms with E-state index in [9.17, 15) is 23.3 Å². The Morgan fingerprint density at radius 3 is 2.47 bits per heavy atom. The molecule has 1 saturated heterocycles. The maximum Gasteiger partial charge on any atom is 0.303 e. The molecule has 1 N–H and O–H groups in total. The van der Waals surface area contributed by atoms with Crippen molar-refractivity contribution in [3.05, 3.63) is 44.8 Å². The number of hydrogen-bond donors (Lipinski definition) is 1. The van der Waals surface area contributed by atoms with Crippen molar-refractivity contribution < 1.29 is 32.3 Å². The first-order chi connectivity index (χ1) is 14.9. The van der Waals surface area contributed by atoms with Gasteiger partial charge < -0.3 is 14.2 Å². The summed E-state index contributed by atoms with van der Waals surface area (Å²) in [5.41, 5.74) is 8.51. The van der Waals surface area contributed by atoms with E-state index in [1.54, 1.807) is 13.8 Å². The quantitative estimate of drug-likeness (QED) is 0.0637. The summed E-state index contributed by atoms with van der Waals surface area (Å²) in [4.78, 5) is 24.2. The Morgan fingerprint density at radius 2 is 1.97 bits per heavy atom. The van der Waals surface area contributed by atoms with E-state index in [2.05, 4.69) is 14.7 Å². The van der Waals surface area contributed by atoms with Gasteiger partial charge in [-0.2, -0.15) is 0 Å². The molecule has 1 aromatic rings. The Hall–Kier alpha value is -2.04. The molecule has 1 heterocycles. The van der Waals surface area contributed by atoms with Gasteiger partial charge in [0.25, 0.3) is 5.69 Å². The zero-order valence-electron chi connectivity index (χ0n) is 17.4. The fraction of sp³-hybridized carbons (Fsp3) is 0.588. The number of hydrogen-bond acceptors (Lipinski definition) is 9. The smallest absolute Gasteiger partial charge is 0.303 e. The largest absolute Gasteiger partial charge is 0.459 e. The van der Waals surface area contributed by atoms with E-state index >= 15 is 0 Å². The molecule has 176 valence electrons. The van der Waals surface area contributed by atoms with Crippen molar-refractivity contribution in [2.75, 3.05) is 11.0 Å². The van der Waals surface area contributed by atoms with Gasteiger partial charge in [0.1, 0.15) is 18.3 Å². The Balaban J connectivity index is 2.38. The van der Waals surface area contributed by atoms with Gasteiger partial charge in [-0.3, -0.25) is 14.9 Å². The highest BCUT2D eigenvalue weighted by atomic mass is 127. The Bertz CT molecular complexity index is 997. The average Bonchev–Trinajstić information content (AvgIpc) is 3.04. The van der Waals surface area contributed by atoms with Crippen LogP contribution in [0.3, 0.4) is 0 Å². The molecule has 0 amide bonds. The molecule has 0 aliphatic carbocycles. The highest BCUT2D eigenvalue weighted by molar-refractivity contribution is 14.1. The molecule has 2 rings (SSSR count). The van der Waals surface area contributed by atoms with Crippen molar-refractivity contribution >= 4 is 44.3 Å². The number of ether oxygens (including phenoxy) is 3. The summed E-state index contributed by atoms with van der Waals surface area (Å²) in [5.74, 6) is -1.68. The van der Waals surface area contributed by atoms with Crippen LogP contribution in [0.25, 0.3) is 10.4 Å². The Morgan fingerprint density at radius 1 is 1.38 bits per heavy atom. The molecule has 1 aliphatic heterocycles. The van der Waals surface area contributed by atoms with Crippen LogP contribution in [0.1, 0.15) is 20.8 Å². The second-order valence-electron chi connectivity index (χ2n) is 7.26. The summed E-state index contributed by atoms with van der Waals surface area (Å²) in [6.07, 6.45) is -2.58. The zero-order valence-corrected chi connectivity index (χ0v) is 20.3. The summed E-state index contributed by atoms with van der Waals surface area (Å²) in [6, 6.07) is 3.21. The highest BCUT2D eigenvalue weighted by Gasteiger charge is 2.50. The van der Waals surface area contributed by atoms with Crippen molar-refractivity contribution in [1.82, 2.24) is 4.72 Å². The lowest BCUT2D eigenvalue weighted by Gasteiger charge is -2.29. The normalized spacial score (nSPS) is 21.9. The fourth-order valence-corrected chi connectivity index (χ4v) is 5.08. The summed E-state index contributed by atoms with van der Waals surface area (Å²) in [5, 5.41) is 14.3. The number of carbonyl (C=O) groups is 1. The van der Waals surface area contributed by atoms with Crippen LogP contribution in [0.5, 0.6) is 0 Å². The minimum atomic E-state index is -4.19. The number of alkyl halides is 1. The Kier molecular flexibility index (Phi) is 8.78. The van der Waals surface area contributed by atoms with E-state index in [4.69, 9.17) is 19.7 Å². The number of azide groups is 1. The lowest BCUT2D eigenvalue weighted by molar-refractivity contribution is -0.384. The minimum Gasteiger partial charge on any atom is -0.459 e. The molecule has 0 spiro atoms. The van der Waals surface area contributed by atoms with Gasteiger partial charge >= 0.3 is 5.97 Å². The first-order valence-electron chi connectivity index (χ1n) is 9.26. The van der Waals surface area contributed by atoms with Gasteiger partial charge in [-0.05, 0) is 31.5 Å². The molecule has 0 bridgehead atoms. The third-order valence-electron chi connectivity index (χ3n) is 4.40. The fourth-order valence-electron chi connectivity index (χ4n) is 3.16. The van der Waals surface area contributed by atoms with Crippen LogP contribution in [0.4, 0.5) is 5.69 Å². The maximum absolute atomic E-state index is 12.9. The minimum absolute atomic E-state index is 0.228. The van der Waals surface area contributed by atoms with Crippen molar-refractivity contribution in [2.45, 2.75) is 55.8 Å². The summed E-state index contributed by atoms with van der Waals surface area (Å²) >= 11 is 2.00. The second kappa shape index (κ2) is 10.7. The predicted octanol–water partition coefficient (Wildman–Crippen LogP) is 2.44. The van der Waals surface area contributed by atoms with Crippen LogP contribution in [0, 0.1) is 10.1 Å². The van der Waals surface area contributed by atoms with Gasteiger partial charge in [0.15, 0.2) is 5.79 Å². The van der Waals surface area contributed by atoms with Crippen molar-refractivity contribution in [2.24, 2.45) is 5.11 Å². The molecule has 0 saturated carbocycles. The number of sulfonamides is 1. The van der Waals surface area contributed by atoms with E-state index in [0.29, 0.717) is 4.43 Å². The monoisotopic (exact) mass is 583 g/mol. The van der Waals surface area contributed by atoms with E-state index in [1.165, 1.54) is 6.92 Å². The lowest BCUT2D eigenvalue weighted by Crippen LogP contribution is -2.53. The summed E-state index contributed by atoms with van der Waals surface area (Å²) < 4.78 is 45.7. The van der Waals surface area contributed by atoms with Gasteiger partial charge in [-0.25, -0.2) is 13.1 Å². The first kappa shape index (κ1) is 26.2. The maximum atomic E-state index is 12.9. The molecule has 32 heavy (non-hydrogen) atoms. The molecular formula is C17H22IN5O8S. The van der Waals surface area contributed by atoms with E-state index in [1.807, 2.05) is 22.6 Å². The molecular weight excluding hydrogens is 561 g/mol. The lowest BCUT2D eigenvalue weighted by atomic mass is 10.0. The van der Waals surface area contributed by atoms with Crippen LogP contribution in [-0.4, -0.2) is 60.4 Å². The first-order valence-corrected chi connectivity index (χ1v) is 12.3. The number of nitrogens with one attached hydrogen (secondary N) is 1. The van der Waals surface area contributed by atoms with Gasteiger partial charge in [0, 0.05) is 34.9 Å². The number of carbonyl (C=O) groups excluding carboxylic acids is 1. The number of nitrogens with zero attached hydrogens (tertiary/aromatic N) is 4. The third kappa shape index (κ3) is 6.73. The van der Waals surface area contributed by atoms with Gasteiger partial charge in [0.05, 0.1) is 15.9 Å². The summed E-state index contributed by atoms with van der Waals surface area (Å²) in [7, 11) is -4.19. The van der Waals surface area contributed by atoms with Crippen molar-refractivity contribution in [3.63, 3.8) is 0 Å². The standard InChI is InChI=1S/C17H22IN5O8S/c1-10(24)29-14(8-18)16-15(30-17(2,3)31-16)13(9-20-22-19)21-32(27,28)12-6-4-11(5-7-12)23(25)26/h4-7,13-16,21H,8-9H2,1-3H3/t13-,14-,15-,16-/m1/s1.